The third-order valence-corrected chi connectivity index (χ3v) is 7.73. The van der Waals surface area contributed by atoms with Crippen LogP contribution in [0.5, 0.6) is 5.75 Å². The highest BCUT2D eigenvalue weighted by Crippen LogP contribution is 2.61. The molecule has 0 unspecified atom stereocenters. The third kappa shape index (κ3) is 4.17. The number of halogens is 2. The summed E-state index contributed by atoms with van der Waals surface area (Å²) in [5.41, 5.74) is 3.44. The summed E-state index contributed by atoms with van der Waals surface area (Å²) in [4.78, 5) is 27.3. The van der Waals surface area contributed by atoms with E-state index in [1.807, 2.05) is 25.3 Å². The lowest BCUT2D eigenvalue weighted by atomic mass is 9.59. The Hall–Kier alpha value is -3.27. The molecule has 2 aromatic heterocycles. The number of rotatable bonds is 6. The number of anilines is 1. The fourth-order valence-corrected chi connectivity index (χ4v) is 6.10. The molecule has 1 saturated carbocycles. The average molecular weight is 500 g/mol. The number of methoxy groups -OCH3 is 1. The van der Waals surface area contributed by atoms with Crippen LogP contribution in [0.3, 0.4) is 0 Å². The molecule has 1 aliphatic heterocycles. The number of benzene rings is 1. The van der Waals surface area contributed by atoms with Crippen LogP contribution in [-0.4, -0.2) is 64.6 Å². The molecule has 0 radical (unpaired) electrons. The second-order valence-electron chi connectivity index (χ2n) is 10.5. The minimum absolute atomic E-state index is 0.119. The number of fused-ring (bicyclic) bond motifs is 1. The Kier molecular flexibility index (Phi) is 5.89. The number of ether oxygens (including phenoxy) is 1. The van der Waals surface area contributed by atoms with Gasteiger partial charge in [0.25, 0.3) is 0 Å². The molecule has 2 aliphatic rings. The van der Waals surface area contributed by atoms with Gasteiger partial charge in [-0.25, -0.2) is 23.5 Å². The Morgan fingerprint density at radius 1 is 1.36 bits per heavy atom. The molecule has 1 atom stereocenters. The zero-order valence-corrected chi connectivity index (χ0v) is 20.9. The number of H-pyrrole nitrogens is 1. The zero-order chi connectivity index (χ0) is 25.8. The highest BCUT2D eigenvalue weighted by atomic mass is 19.3. The molecular weight excluding hydrogens is 468 g/mol. The van der Waals surface area contributed by atoms with Crippen LogP contribution in [0.25, 0.3) is 10.9 Å². The number of piperidine rings is 1. The van der Waals surface area contributed by atoms with E-state index < -0.39 is 17.3 Å². The molecule has 1 aliphatic carbocycles. The minimum Gasteiger partial charge on any atom is -0.496 e. The molecular formula is C26H31F2N5O3. The average Bonchev–Trinajstić information content (AvgIpc) is 3.30. The van der Waals surface area contributed by atoms with Crippen molar-refractivity contribution in [3.63, 3.8) is 0 Å². The van der Waals surface area contributed by atoms with Crippen LogP contribution in [0.2, 0.25) is 0 Å². The lowest BCUT2D eigenvalue weighted by molar-refractivity contribution is -0.186. The maximum Gasteiger partial charge on any atom is 0.374 e. The number of carboxylic acids is 1. The van der Waals surface area contributed by atoms with Crippen LogP contribution in [0, 0.1) is 12.3 Å². The van der Waals surface area contributed by atoms with Crippen molar-refractivity contribution in [1.82, 2.24) is 19.9 Å². The van der Waals surface area contributed by atoms with Gasteiger partial charge in [0, 0.05) is 73.9 Å². The van der Waals surface area contributed by atoms with E-state index in [1.54, 1.807) is 32.3 Å². The van der Waals surface area contributed by atoms with Gasteiger partial charge in [0.2, 0.25) is 11.7 Å². The predicted octanol–water partition coefficient (Wildman–Crippen LogP) is 4.79. The first-order chi connectivity index (χ1) is 17.0. The van der Waals surface area contributed by atoms with Crippen molar-refractivity contribution >= 4 is 22.7 Å². The van der Waals surface area contributed by atoms with Gasteiger partial charge in [-0.15, -0.1) is 0 Å². The van der Waals surface area contributed by atoms with Gasteiger partial charge in [0.15, 0.2) is 0 Å². The number of hydrogen-bond acceptors (Lipinski definition) is 6. The summed E-state index contributed by atoms with van der Waals surface area (Å²) in [6.07, 6.45) is 4.43. The van der Waals surface area contributed by atoms with E-state index in [4.69, 9.17) is 4.74 Å². The summed E-state index contributed by atoms with van der Waals surface area (Å²) in [5.74, 6) is -2.86. The van der Waals surface area contributed by atoms with Crippen LogP contribution in [0.4, 0.5) is 14.6 Å². The number of aromatic nitrogens is 3. The number of carboxylic acid groups (broad SMARTS) is 1. The summed E-state index contributed by atoms with van der Waals surface area (Å²) in [6.45, 7) is 3.19. The summed E-state index contributed by atoms with van der Waals surface area (Å²) >= 11 is 0. The standard InChI is InChI=1S/C26H31F2N5O3/c1-15-9-20(36-4)18(16-5-7-29-21(15)16)12-33-8-6-25(13-26(27,28)14-25)10-19(33)17-11-30-22(24(34)35)31-23(17)32(2)3/h5,7,9,11,19,29H,6,8,10,12-14H2,1-4H3,(H,34,35)/t19-/m1/s1. The number of hydrogen-bond donors (Lipinski definition) is 2. The van der Waals surface area contributed by atoms with Gasteiger partial charge in [0.1, 0.15) is 11.6 Å². The lowest BCUT2D eigenvalue weighted by Crippen LogP contribution is -2.53. The molecule has 3 aromatic rings. The first-order valence-electron chi connectivity index (χ1n) is 12.1. The van der Waals surface area contributed by atoms with Crippen LogP contribution in [0.15, 0.2) is 24.5 Å². The number of aromatic amines is 1. The monoisotopic (exact) mass is 499 g/mol. The van der Waals surface area contributed by atoms with Gasteiger partial charge < -0.3 is 19.7 Å². The predicted molar refractivity (Wildman–Crippen MR) is 132 cm³/mol. The quantitative estimate of drug-likeness (QED) is 0.504. The maximum absolute atomic E-state index is 14.0. The van der Waals surface area contributed by atoms with Gasteiger partial charge in [-0.1, -0.05) is 0 Å². The van der Waals surface area contributed by atoms with Gasteiger partial charge in [-0.2, -0.15) is 0 Å². The highest BCUT2D eigenvalue weighted by Gasteiger charge is 2.58. The van der Waals surface area contributed by atoms with Crippen molar-refractivity contribution in [2.24, 2.45) is 5.41 Å². The summed E-state index contributed by atoms with van der Waals surface area (Å²) < 4.78 is 33.8. The molecule has 2 fully saturated rings. The van der Waals surface area contributed by atoms with Crippen molar-refractivity contribution in [2.45, 2.75) is 51.1 Å². The Bertz CT molecular complexity index is 1310. The van der Waals surface area contributed by atoms with Gasteiger partial charge in [-0.3, -0.25) is 4.90 Å². The number of nitrogens with zero attached hydrogens (tertiary/aromatic N) is 4. The minimum atomic E-state index is -2.63. The summed E-state index contributed by atoms with van der Waals surface area (Å²) in [6, 6.07) is 3.79. The number of alkyl halides is 2. The molecule has 36 heavy (non-hydrogen) atoms. The third-order valence-electron chi connectivity index (χ3n) is 7.73. The molecule has 2 N–H and O–H groups in total. The Labute approximate surface area is 208 Å². The molecule has 8 nitrogen and oxygen atoms in total. The Balaban J connectivity index is 1.58. The topological polar surface area (TPSA) is 94.6 Å². The molecule has 192 valence electrons. The van der Waals surface area contributed by atoms with Gasteiger partial charge in [0.05, 0.1) is 7.11 Å². The number of nitrogens with one attached hydrogen (secondary N) is 1. The fraction of sp³-hybridized carbons (Fsp3) is 0.500. The molecule has 1 spiro atoms. The summed E-state index contributed by atoms with van der Waals surface area (Å²) in [7, 11) is 5.24. The SMILES string of the molecule is COc1cc(C)c2[nH]ccc2c1CN1CCC2(C[C@@H]1c1cnc(C(=O)O)nc1N(C)C)CC(F)(F)C2. The number of likely N-dealkylation sites (tertiary alicyclic amines) is 1. The number of aromatic carboxylic acids is 1. The fourth-order valence-electron chi connectivity index (χ4n) is 6.10. The Morgan fingerprint density at radius 2 is 2.11 bits per heavy atom. The molecule has 0 amide bonds. The van der Waals surface area contributed by atoms with E-state index >= 15 is 0 Å². The van der Waals surface area contributed by atoms with Crippen molar-refractivity contribution in [2.75, 3.05) is 32.6 Å². The van der Waals surface area contributed by atoms with E-state index in [0.29, 0.717) is 31.7 Å². The van der Waals surface area contributed by atoms with Gasteiger partial charge >= 0.3 is 5.97 Å². The lowest BCUT2D eigenvalue weighted by Gasteiger charge is -2.54. The van der Waals surface area contributed by atoms with Crippen molar-refractivity contribution < 1.29 is 23.4 Å². The van der Waals surface area contributed by atoms with Crippen LogP contribution >= 0.6 is 0 Å². The summed E-state index contributed by atoms with van der Waals surface area (Å²) in [5, 5.41) is 10.5. The number of carbonyl (C=O) groups is 1. The van der Waals surface area contributed by atoms with Crippen molar-refractivity contribution in [3.05, 3.63) is 47.0 Å². The maximum atomic E-state index is 14.0. The molecule has 5 rings (SSSR count). The first-order valence-corrected chi connectivity index (χ1v) is 12.1. The largest absolute Gasteiger partial charge is 0.496 e. The van der Waals surface area contributed by atoms with Gasteiger partial charge in [-0.05, 0) is 49.4 Å². The van der Waals surface area contributed by atoms with E-state index in [0.717, 1.165) is 33.3 Å². The molecule has 10 heteroatoms. The van der Waals surface area contributed by atoms with E-state index in [1.165, 1.54) is 0 Å². The van der Waals surface area contributed by atoms with Crippen molar-refractivity contribution in [1.29, 1.82) is 0 Å². The Morgan fingerprint density at radius 3 is 2.75 bits per heavy atom. The van der Waals surface area contributed by atoms with Crippen LogP contribution in [0.1, 0.15) is 59.0 Å². The molecule has 3 heterocycles. The normalized spacial score (nSPS) is 20.9. The first kappa shape index (κ1) is 24.4. The number of aryl methyl sites for hydroxylation is 1. The zero-order valence-electron chi connectivity index (χ0n) is 20.9. The highest BCUT2D eigenvalue weighted by molar-refractivity contribution is 5.88. The van der Waals surface area contributed by atoms with Crippen LogP contribution in [-0.2, 0) is 6.54 Å². The van der Waals surface area contributed by atoms with E-state index in [9.17, 15) is 18.7 Å². The molecule has 1 saturated heterocycles. The van der Waals surface area contributed by atoms with E-state index in [2.05, 4.69) is 19.9 Å². The smallest absolute Gasteiger partial charge is 0.374 e. The van der Waals surface area contributed by atoms with Crippen LogP contribution < -0.4 is 9.64 Å². The van der Waals surface area contributed by atoms with E-state index in [-0.39, 0.29) is 24.7 Å². The van der Waals surface area contributed by atoms with Crippen molar-refractivity contribution in [3.8, 4) is 5.75 Å². The second-order valence-corrected chi connectivity index (χ2v) is 10.5. The molecule has 1 aromatic carbocycles. The second kappa shape index (κ2) is 8.69. The molecule has 0 bridgehead atoms.